The molecule has 0 aliphatic carbocycles. The third-order valence-electron chi connectivity index (χ3n) is 2.32. The summed E-state index contributed by atoms with van der Waals surface area (Å²) >= 11 is 2.86. The predicted octanol–water partition coefficient (Wildman–Crippen LogP) is 3.65. The highest BCUT2D eigenvalue weighted by Gasteiger charge is 2.24. The van der Waals surface area contributed by atoms with E-state index >= 15 is 0 Å². The Hall–Kier alpha value is -1.24. The van der Waals surface area contributed by atoms with Crippen molar-refractivity contribution < 1.29 is 13.7 Å². The van der Waals surface area contributed by atoms with Gasteiger partial charge in [-0.1, -0.05) is 0 Å². The largest absolute Gasteiger partial charge is 0.374 e. The standard InChI is InChI=1S/C10H11BrF2N2O2/c1-5(12)6(2)14-8-4-3-7(11)9(13)10(8)15(16)17/h3-6,14H,1-2H3. The number of nitro groups is 1. The van der Waals surface area contributed by atoms with Gasteiger partial charge in [-0.2, -0.15) is 4.39 Å². The zero-order chi connectivity index (χ0) is 13.2. The lowest BCUT2D eigenvalue weighted by Crippen LogP contribution is -2.25. The van der Waals surface area contributed by atoms with E-state index in [1.165, 1.54) is 26.0 Å². The maximum Gasteiger partial charge on any atom is 0.328 e. The van der Waals surface area contributed by atoms with E-state index < -0.39 is 28.6 Å². The quantitative estimate of drug-likeness (QED) is 0.682. The molecular weight excluding hydrogens is 298 g/mol. The molecule has 2 unspecified atom stereocenters. The summed E-state index contributed by atoms with van der Waals surface area (Å²) in [7, 11) is 0. The van der Waals surface area contributed by atoms with Crippen LogP contribution in [-0.2, 0) is 0 Å². The van der Waals surface area contributed by atoms with Crippen molar-refractivity contribution in [2.45, 2.75) is 26.1 Å². The molecule has 1 rings (SSSR count). The maximum atomic E-state index is 13.5. The summed E-state index contributed by atoms with van der Waals surface area (Å²) in [6, 6.07) is 2.03. The zero-order valence-electron chi connectivity index (χ0n) is 9.21. The maximum absolute atomic E-state index is 13.5. The summed E-state index contributed by atoms with van der Waals surface area (Å²) in [6.07, 6.45) is -1.21. The second kappa shape index (κ2) is 5.39. The molecule has 0 fully saturated rings. The van der Waals surface area contributed by atoms with Gasteiger partial charge in [0.05, 0.1) is 15.4 Å². The number of nitrogens with zero attached hydrogens (tertiary/aromatic N) is 1. The van der Waals surface area contributed by atoms with Gasteiger partial charge in [0, 0.05) is 0 Å². The average Bonchev–Trinajstić information content (AvgIpc) is 2.22. The van der Waals surface area contributed by atoms with Gasteiger partial charge >= 0.3 is 5.69 Å². The molecule has 0 saturated carbocycles. The molecule has 0 amide bonds. The first kappa shape index (κ1) is 13.8. The van der Waals surface area contributed by atoms with Crippen LogP contribution in [0.25, 0.3) is 0 Å². The Bertz CT molecular complexity index is 441. The molecule has 0 aliphatic heterocycles. The van der Waals surface area contributed by atoms with Gasteiger partial charge in [0.25, 0.3) is 0 Å². The predicted molar refractivity (Wildman–Crippen MR) is 64.4 cm³/mol. The number of hydrogen-bond donors (Lipinski definition) is 1. The highest BCUT2D eigenvalue weighted by molar-refractivity contribution is 9.10. The topological polar surface area (TPSA) is 55.2 Å². The third kappa shape index (κ3) is 3.12. The minimum Gasteiger partial charge on any atom is -0.374 e. The SMILES string of the molecule is CC(F)C(C)Nc1ccc(Br)c(F)c1[N+](=O)[O-]. The van der Waals surface area contributed by atoms with Crippen LogP contribution in [0.5, 0.6) is 0 Å². The summed E-state index contributed by atoms with van der Waals surface area (Å²) in [6.45, 7) is 2.84. The zero-order valence-corrected chi connectivity index (χ0v) is 10.8. The van der Waals surface area contributed by atoms with Crippen LogP contribution in [0.15, 0.2) is 16.6 Å². The summed E-state index contributed by atoms with van der Waals surface area (Å²) in [4.78, 5) is 9.92. The van der Waals surface area contributed by atoms with Crippen LogP contribution in [0, 0.1) is 15.9 Å². The number of nitro benzene ring substituents is 1. The minimum atomic E-state index is -1.21. The second-order valence-electron chi connectivity index (χ2n) is 3.63. The Morgan fingerprint density at radius 2 is 2.06 bits per heavy atom. The molecule has 2 atom stereocenters. The van der Waals surface area contributed by atoms with Crippen molar-refractivity contribution in [1.29, 1.82) is 0 Å². The van der Waals surface area contributed by atoms with Crippen molar-refractivity contribution in [3.05, 3.63) is 32.5 Å². The van der Waals surface area contributed by atoms with Gasteiger partial charge in [0.2, 0.25) is 5.82 Å². The van der Waals surface area contributed by atoms with Crippen molar-refractivity contribution in [3.8, 4) is 0 Å². The highest BCUT2D eigenvalue weighted by Crippen LogP contribution is 2.33. The van der Waals surface area contributed by atoms with Crippen LogP contribution >= 0.6 is 15.9 Å². The number of nitrogens with one attached hydrogen (secondary N) is 1. The van der Waals surface area contributed by atoms with Crippen molar-refractivity contribution in [3.63, 3.8) is 0 Å². The normalized spacial score (nSPS) is 14.2. The number of rotatable bonds is 4. The fraction of sp³-hybridized carbons (Fsp3) is 0.400. The van der Waals surface area contributed by atoms with Gasteiger partial charge in [0.1, 0.15) is 11.9 Å². The molecule has 0 aliphatic rings. The van der Waals surface area contributed by atoms with Gasteiger partial charge in [-0.25, -0.2) is 4.39 Å². The number of anilines is 1. The van der Waals surface area contributed by atoms with Crippen LogP contribution < -0.4 is 5.32 Å². The van der Waals surface area contributed by atoms with E-state index in [1.54, 1.807) is 0 Å². The third-order valence-corrected chi connectivity index (χ3v) is 2.94. The van der Waals surface area contributed by atoms with E-state index in [4.69, 9.17) is 0 Å². The van der Waals surface area contributed by atoms with Crippen molar-refractivity contribution in [1.82, 2.24) is 0 Å². The number of benzene rings is 1. The molecule has 1 aromatic carbocycles. The molecule has 17 heavy (non-hydrogen) atoms. The molecule has 4 nitrogen and oxygen atoms in total. The lowest BCUT2D eigenvalue weighted by Gasteiger charge is -2.16. The van der Waals surface area contributed by atoms with Crippen molar-refractivity contribution in [2.24, 2.45) is 0 Å². The number of alkyl halides is 1. The molecule has 1 N–H and O–H groups in total. The van der Waals surface area contributed by atoms with E-state index in [9.17, 15) is 18.9 Å². The summed E-state index contributed by atoms with van der Waals surface area (Å²) in [5, 5.41) is 13.3. The Morgan fingerprint density at radius 1 is 1.47 bits per heavy atom. The fourth-order valence-electron chi connectivity index (χ4n) is 1.20. The summed E-state index contributed by atoms with van der Waals surface area (Å²) in [5.41, 5.74) is -0.723. The first-order valence-electron chi connectivity index (χ1n) is 4.87. The van der Waals surface area contributed by atoms with Gasteiger partial charge in [-0.3, -0.25) is 10.1 Å². The average molecular weight is 309 g/mol. The number of hydrogen-bond acceptors (Lipinski definition) is 3. The number of halogens is 3. The highest BCUT2D eigenvalue weighted by atomic mass is 79.9. The minimum absolute atomic E-state index is 0.00398. The molecule has 0 heterocycles. The smallest absolute Gasteiger partial charge is 0.328 e. The van der Waals surface area contributed by atoms with Gasteiger partial charge < -0.3 is 5.32 Å². The molecule has 0 spiro atoms. The van der Waals surface area contributed by atoms with Gasteiger partial charge in [-0.05, 0) is 41.9 Å². The lowest BCUT2D eigenvalue weighted by molar-refractivity contribution is -0.386. The molecule has 0 radical (unpaired) electrons. The molecule has 0 aromatic heterocycles. The van der Waals surface area contributed by atoms with Crippen LogP contribution in [0.4, 0.5) is 20.2 Å². The Labute approximate surface area is 105 Å². The summed E-state index contributed by atoms with van der Waals surface area (Å²) < 4.78 is 26.5. The first-order chi connectivity index (χ1) is 7.84. The van der Waals surface area contributed by atoms with Crippen molar-refractivity contribution >= 4 is 27.3 Å². The monoisotopic (exact) mass is 308 g/mol. The summed E-state index contributed by atoms with van der Waals surface area (Å²) in [5.74, 6) is -0.973. The Morgan fingerprint density at radius 3 is 2.53 bits per heavy atom. The molecule has 0 saturated heterocycles. The van der Waals surface area contributed by atoms with Gasteiger partial charge in [-0.15, -0.1) is 0 Å². The first-order valence-corrected chi connectivity index (χ1v) is 5.67. The van der Waals surface area contributed by atoms with Crippen molar-refractivity contribution in [2.75, 3.05) is 5.32 Å². The van der Waals surface area contributed by atoms with E-state index in [0.717, 1.165) is 0 Å². The second-order valence-corrected chi connectivity index (χ2v) is 4.48. The molecular formula is C10H11BrF2N2O2. The fourth-order valence-corrected chi connectivity index (χ4v) is 1.51. The van der Waals surface area contributed by atoms with Crippen LogP contribution in [0.1, 0.15) is 13.8 Å². The van der Waals surface area contributed by atoms with E-state index in [1.807, 2.05) is 0 Å². The van der Waals surface area contributed by atoms with E-state index in [2.05, 4.69) is 21.2 Å². The van der Waals surface area contributed by atoms with Crippen LogP contribution in [0.2, 0.25) is 0 Å². The Balaban J connectivity index is 3.16. The van der Waals surface area contributed by atoms with Crippen LogP contribution in [-0.4, -0.2) is 17.1 Å². The Kier molecular flexibility index (Phi) is 4.39. The van der Waals surface area contributed by atoms with Crippen LogP contribution in [0.3, 0.4) is 0 Å². The molecule has 7 heteroatoms. The molecule has 0 bridgehead atoms. The molecule has 94 valence electrons. The van der Waals surface area contributed by atoms with Gasteiger partial charge in [0.15, 0.2) is 0 Å². The van der Waals surface area contributed by atoms with E-state index in [0.29, 0.717) is 0 Å². The molecule has 1 aromatic rings. The van der Waals surface area contributed by atoms with E-state index in [-0.39, 0.29) is 10.2 Å². The lowest BCUT2D eigenvalue weighted by atomic mass is 10.2.